The molecule has 1 aromatic carbocycles. The molecule has 0 radical (unpaired) electrons. The van der Waals surface area contributed by atoms with Crippen molar-refractivity contribution in [2.75, 3.05) is 14.1 Å². The van der Waals surface area contributed by atoms with Gasteiger partial charge in [-0.2, -0.15) is 0 Å². The maximum atomic E-state index is 12.4. The quantitative estimate of drug-likeness (QED) is 0.655. The Kier molecular flexibility index (Phi) is 7.60. The van der Waals surface area contributed by atoms with Gasteiger partial charge in [0.15, 0.2) is 0 Å². The molecule has 0 saturated heterocycles. The molecule has 8 heteroatoms. The molecule has 156 valence electrons. The number of nitrogens with one attached hydrogen (secondary N) is 1. The number of carbonyl (C=O) groups excluding carboxylic acids is 1. The first kappa shape index (κ1) is 22.4. The maximum Gasteiger partial charge on any atom is 0.242 e. The Hall–Kier alpha value is -1.93. The number of benzene rings is 1. The number of unbranched alkanes of at least 4 members (excludes halogenated alkanes) is 1. The molecule has 1 heterocycles. The average Bonchev–Trinajstić information content (AvgIpc) is 3.00. The molecule has 2 rings (SSSR count). The molecule has 0 unspecified atom stereocenters. The average molecular weight is 409 g/mol. The van der Waals surface area contributed by atoms with Gasteiger partial charge in [0, 0.05) is 39.5 Å². The Morgan fingerprint density at radius 3 is 2.61 bits per heavy atom. The number of hydrogen-bond acceptors (Lipinski definition) is 4. The zero-order valence-electron chi connectivity index (χ0n) is 17.5. The van der Waals surface area contributed by atoms with Crippen LogP contribution < -0.4 is 5.32 Å². The molecular weight excluding hydrogens is 376 g/mol. The third-order valence-electron chi connectivity index (χ3n) is 4.91. The number of sulfonamides is 1. The lowest BCUT2D eigenvalue weighted by molar-refractivity contribution is -0.121. The molecule has 1 atom stereocenters. The Morgan fingerprint density at radius 1 is 1.29 bits per heavy atom. The molecule has 0 fully saturated rings. The molecule has 28 heavy (non-hydrogen) atoms. The summed E-state index contributed by atoms with van der Waals surface area (Å²) in [5.74, 6) is 0.835. The van der Waals surface area contributed by atoms with Crippen LogP contribution in [0.1, 0.15) is 52.3 Å². The number of amides is 1. The molecule has 2 aromatic rings. The van der Waals surface area contributed by atoms with E-state index in [9.17, 15) is 13.2 Å². The smallest absolute Gasteiger partial charge is 0.242 e. The number of fused-ring (bicyclic) bond motifs is 1. The molecule has 0 aliphatic rings. The normalized spacial score (nSPS) is 13.2. The molecule has 0 bridgehead atoms. The van der Waals surface area contributed by atoms with Crippen LogP contribution in [-0.4, -0.2) is 48.3 Å². The molecule has 1 aromatic heterocycles. The SMILES string of the molecule is CCCCn1c(CCC(=O)N[C@H](C)CC)nc2cc(S(=O)(=O)N(C)C)ccc21. The van der Waals surface area contributed by atoms with Gasteiger partial charge < -0.3 is 9.88 Å². The second-order valence-corrected chi connectivity index (χ2v) is 9.50. The van der Waals surface area contributed by atoms with Crippen molar-refractivity contribution < 1.29 is 13.2 Å². The highest BCUT2D eigenvalue weighted by Gasteiger charge is 2.20. The van der Waals surface area contributed by atoms with E-state index in [2.05, 4.69) is 21.8 Å². The second-order valence-electron chi connectivity index (χ2n) is 7.35. The number of hydrogen-bond donors (Lipinski definition) is 1. The predicted octanol–water partition coefficient (Wildman–Crippen LogP) is 2.93. The Bertz CT molecular complexity index is 919. The van der Waals surface area contributed by atoms with Gasteiger partial charge in [0.2, 0.25) is 15.9 Å². The van der Waals surface area contributed by atoms with Gasteiger partial charge in [0.25, 0.3) is 0 Å². The van der Waals surface area contributed by atoms with Crippen LogP contribution in [0.3, 0.4) is 0 Å². The van der Waals surface area contributed by atoms with Crippen molar-refractivity contribution in [1.29, 1.82) is 0 Å². The minimum absolute atomic E-state index is 0.0133. The lowest BCUT2D eigenvalue weighted by Crippen LogP contribution is -2.32. The summed E-state index contributed by atoms with van der Waals surface area (Å²) in [4.78, 5) is 17.1. The highest BCUT2D eigenvalue weighted by Crippen LogP contribution is 2.23. The Morgan fingerprint density at radius 2 is 2.00 bits per heavy atom. The van der Waals surface area contributed by atoms with Crippen molar-refractivity contribution >= 4 is 27.0 Å². The van der Waals surface area contributed by atoms with Gasteiger partial charge in [-0.3, -0.25) is 4.79 Å². The summed E-state index contributed by atoms with van der Waals surface area (Å²) in [6.07, 6.45) is 3.82. The van der Waals surface area contributed by atoms with E-state index in [4.69, 9.17) is 0 Å². The summed E-state index contributed by atoms with van der Waals surface area (Å²) < 4.78 is 28.2. The first-order chi connectivity index (χ1) is 13.2. The van der Waals surface area contributed by atoms with Crippen molar-refractivity contribution in [1.82, 2.24) is 19.2 Å². The topological polar surface area (TPSA) is 84.3 Å². The minimum Gasteiger partial charge on any atom is -0.354 e. The van der Waals surface area contributed by atoms with Gasteiger partial charge in [-0.05, 0) is 38.0 Å². The lowest BCUT2D eigenvalue weighted by Gasteiger charge is -2.12. The van der Waals surface area contributed by atoms with Gasteiger partial charge in [0.05, 0.1) is 15.9 Å². The highest BCUT2D eigenvalue weighted by atomic mass is 32.2. The summed E-state index contributed by atoms with van der Waals surface area (Å²) in [6.45, 7) is 6.95. The van der Waals surface area contributed by atoms with E-state index in [0.29, 0.717) is 18.4 Å². The standard InChI is InChI=1S/C20H32N4O3S/c1-6-8-13-24-18-10-9-16(28(26,27)23(4)5)14-17(18)22-19(24)11-12-20(25)21-15(3)7-2/h9-10,14-15H,6-8,11-13H2,1-5H3,(H,21,25)/t15-/m1/s1. The van der Waals surface area contributed by atoms with Crippen molar-refractivity contribution in [3.8, 4) is 0 Å². The number of rotatable bonds is 10. The minimum atomic E-state index is -3.51. The second kappa shape index (κ2) is 9.52. The van der Waals surface area contributed by atoms with Crippen molar-refractivity contribution in [3.63, 3.8) is 0 Å². The number of nitrogens with zero attached hydrogens (tertiary/aromatic N) is 3. The summed E-state index contributed by atoms with van der Waals surface area (Å²) in [5.41, 5.74) is 1.56. The van der Waals surface area contributed by atoms with E-state index in [-0.39, 0.29) is 16.8 Å². The van der Waals surface area contributed by atoms with E-state index in [1.165, 1.54) is 18.4 Å². The maximum absolute atomic E-state index is 12.4. The van der Waals surface area contributed by atoms with E-state index in [1.54, 1.807) is 12.1 Å². The van der Waals surface area contributed by atoms with E-state index in [0.717, 1.165) is 37.1 Å². The van der Waals surface area contributed by atoms with Crippen LogP contribution >= 0.6 is 0 Å². The molecule has 0 aliphatic carbocycles. The largest absolute Gasteiger partial charge is 0.354 e. The molecule has 1 amide bonds. The van der Waals surface area contributed by atoms with Crippen LogP contribution in [0.4, 0.5) is 0 Å². The first-order valence-electron chi connectivity index (χ1n) is 9.91. The van der Waals surface area contributed by atoms with Crippen LogP contribution in [0.5, 0.6) is 0 Å². The molecule has 0 saturated carbocycles. The van der Waals surface area contributed by atoms with Crippen molar-refractivity contribution in [2.45, 2.75) is 70.4 Å². The summed E-state index contributed by atoms with van der Waals surface area (Å²) in [7, 11) is -0.482. The van der Waals surface area contributed by atoms with Gasteiger partial charge >= 0.3 is 0 Å². The van der Waals surface area contributed by atoms with Crippen LogP contribution in [-0.2, 0) is 27.8 Å². The molecule has 0 aliphatic heterocycles. The number of aryl methyl sites for hydroxylation is 2. The molecule has 1 N–H and O–H groups in total. The fraction of sp³-hybridized carbons (Fsp3) is 0.600. The fourth-order valence-electron chi connectivity index (χ4n) is 2.96. The van der Waals surface area contributed by atoms with Crippen LogP contribution in [0.25, 0.3) is 11.0 Å². The molecular formula is C20H32N4O3S. The van der Waals surface area contributed by atoms with Gasteiger partial charge in [-0.1, -0.05) is 20.3 Å². The van der Waals surface area contributed by atoms with Crippen molar-refractivity contribution in [3.05, 3.63) is 24.0 Å². The van der Waals surface area contributed by atoms with Crippen molar-refractivity contribution in [2.24, 2.45) is 0 Å². The van der Waals surface area contributed by atoms with Crippen LogP contribution in [0, 0.1) is 0 Å². The number of carbonyl (C=O) groups is 1. The third-order valence-corrected chi connectivity index (χ3v) is 6.72. The molecule has 7 nitrogen and oxygen atoms in total. The first-order valence-corrected chi connectivity index (χ1v) is 11.4. The number of imidazole rings is 1. The van der Waals surface area contributed by atoms with Gasteiger partial charge in [0.1, 0.15) is 5.82 Å². The van der Waals surface area contributed by atoms with E-state index in [1.807, 2.05) is 19.9 Å². The summed E-state index contributed by atoms with van der Waals surface area (Å²) in [5, 5.41) is 2.98. The van der Waals surface area contributed by atoms with Gasteiger partial charge in [-0.25, -0.2) is 17.7 Å². The zero-order valence-corrected chi connectivity index (χ0v) is 18.3. The monoisotopic (exact) mass is 408 g/mol. The predicted molar refractivity (Wildman–Crippen MR) is 112 cm³/mol. The lowest BCUT2D eigenvalue weighted by atomic mass is 10.2. The van der Waals surface area contributed by atoms with Gasteiger partial charge in [-0.15, -0.1) is 0 Å². The highest BCUT2D eigenvalue weighted by molar-refractivity contribution is 7.89. The Labute approximate surface area is 168 Å². The van der Waals surface area contributed by atoms with Crippen LogP contribution in [0.2, 0.25) is 0 Å². The molecule has 0 spiro atoms. The number of aromatic nitrogens is 2. The zero-order chi connectivity index (χ0) is 20.9. The summed E-state index contributed by atoms with van der Waals surface area (Å²) >= 11 is 0. The third kappa shape index (κ3) is 5.11. The Balaban J connectivity index is 2.34. The van der Waals surface area contributed by atoms with Crippen LogP contribution in [0.15, 0.2) is 23.1 Å². The fourth-order valence-corrected chi connectivity index (χ4v) is 3.88. The van der Waals surface area contributed by atoms with E-state index >= 15 is 0 Å². The van der Waals surface area contributed by atoms with E-state index < -0.39 is 10.0 Å². The summed E-state index contributed by atoms with van der Waals surface area (Å²) in [6, 6.07) is 5.22.